The normalized spacial score (nSPS) is 15.1. The van der Waals surface area contributed by atoms with E-state index in [4.69, 9.17) is 11.6 Å². The highest BCUT2D eigenvalue weighted by atomic mass is 35.5. The Morgan fingerprint density at radius 3 is 2.76 bits per heavy atom. The van der Waals surface area contributed by atoms with Crippen molar-refractivity contribution in [1.29, 1.82) is 0 Å². The Balaban J connectivity index is 2.15. The fourth-order valence-corrected chi connectivity index (χ4v) is 2.07. The zero-order chi connectivity index (χ0) is 12.4. The van der Waals surface area contributed by atoms with Gasteiger partial charge in [-0.3, -0.25) is 4.79 Å². The van der Waals surface area contributed by atoms with Gasteiger partial charge in [0.1, 0.15) is 0 Å². The van der Waals surface area contributed by atoms with Crippen molar-refractivity contribution in [3.05, 3.63) is 28.8 Å². The van der Waals surface area contributed by atoms with Crippen LogP contribution in [0.25, 0.3) is 0 Å². The van der Waals surface area contributed by atoms with Crippen molar-refractivity contribution in [2.24, 2.45) is 11.8 Å². The first-order valence-corrected chi connectivity index (χ1v) is 6.53. The first kappa shape index (κ1) is 12.4. The summed E-state index contributed by atoms with van der Waals surface area (Å²) in [6, 6.07) is 5.68. The van der Waals surface area contributed by atoms with Crippen molar-refractivity contribution < 1.29 is 4.79 Å². The van der Waals surface area contributed by atoms with Gasteiger partial charge >= 0.3 is 0 Å². The average Bonchev–Trinajstić information content (AvgIpc) is 3.04. The molecule has 0 bridgehead atoms. The smallest absolute Gasteiger partial charge is 0.227 e. The molecule has 92 valence electrons. The van der Waals surface area contributed by atoms with Gasteiger partial charge in [-0.05, 0) is 48.9 Å². The Morgan fingerprint density at radius 1 is 1.47 bits per heavy atom. The first-order chi connectivity index (χ1) is 8.06. The molecule has 1 aromatic carbocycles. The summed E-state index contributed by atoms with van der Waals surface area (Å²) in [4.78, 5) is 11.8. The van der Waals surface area contributed by atoms with Crippen molar-refractivity contribution in [2.75, 3.05) is 5.32 Å². The van der Waals surface area contributed by atoms with Crippen LogP contribution < -0.4 is 5.32 Å². The van der Waals surface area contributed by atoms with E-state index < -0.39 is 0 Å². The summed E-state index contributed by atoms with van der Waals surface area (Å²) in [5.74, 6) is 0.931. The molecule has 3 heteroatoms. The molecule has 17 heavy (non-hydrogen) atoms. The number of hydrogen-bond donors (Lipinski definition) is 1. The van der Waals surface area contributed by atoms with Crippen LogP contribution in [-0.2, 0) is 11.2 Å². The molecule has 0 atom stereocenters. The highest BCUT2D eigenvalue weighted by molar-refractivity contribution is 6.30. The molecule has 0 aromatic heterocycles. The minimum atomic E-state index is 0.150. The Morgan fingerprint density at radius 2 is 2.18 bits per heavy atom. The maximum absolute atomic E-state index is 11.8. The predicted molar refractivity (Wildman–Crippen MR) is 71.3 cm³/mol. The van der Waals surface area contributed by atoms with E-state index in [0.29, 0.717) is 5.92 Å². The second-order valence-corrected chi connectivity index (χ2v) is 5.60. The molecule has 1 saturated carbocycles. The van der Waals surface area contributed by atoms with Crippen molar-refractivity contribution in [3.63, 3.8) is 0 Å². The van der Waals surface area contributed by atoms with E-state index >= 15 is 0 Å². The topological polar surface area (TPSA) is 29.1 Å². The second-order valence-electron chi connectivity index (χ2n) is 5.16. The summed E-state index contributed by atoms with van der Waals surface area (Å²) in [5, 5.41) is 3.73. The monoisotopic (exact) mass is 251 g/mol. The number of benzene rings is 1. The molecule has 1 fully saturated rings. The number of halogens is 1. The molecular weight excluding hydrogens is 234 g/mol. The first-order valence-electron chi connectivity index (χ1n) is 6.15. The van der Waals surface area contributed by atoms with Crippen LogP contribution >= 0.6 is 11.6 Å². The van der Waals surface area contributed by atoms with Crippen molar-refractivity contribution in [3.8, 4) is 0 Å². The Hall–Kier alpha value is -1.02. The van der Waals surface area contributed by atoms with E-state index in [0.717, 1.165) is 35.5 Å². The fourth-order valence-electron chi connectivity index (χ4n) is 1.87. The molecule has 1 amide bonds. The number of carbonyl (C=O) groups is 1. The number of amides is 1. The minimum Gasteiger partial charge on any atom is -0.326 e. The molecule has 0 heterocycles. The fraction of sp³-hybridized carbons (Fsp3) is 0.500. The van der Waals surface area contributed by atoms with Gasteiger partial charge in [-0.2, -0.15) is 0 Å². The van der Waals surface area contributed by atoms with Gasteiger partial charge in [-0.1, -0.05) is 25.4 Å². The van der Waals surface area contributed by atoms with E-state index in [2.05, 4.69) is 19.2 Å². The standard InChI is InChI=1S/C14H18ClNO/c1-9(2)7-11-8-12(15)5-6-13(11)16-14(17)10-3-4-10/h5-6,8-10H,3-4,7H2,1-2H3,(H,16,17). The Bertz CT molecular complexity index is 424. The maximum atomic E-state index is 11.8. The second kappa shape index (κ2) is 5.09. The van der Waals surface area contributed by atoms with Crippen LogP contribution in [0.3, 0.4) is 0 Å². The van der Waals surface area contributed by atoms with Gasteiger partial charge in [0, 0.05) is 16.6 Å². The van der Waals surface area contributed by atoms with E-state index in [-0.39, 0.29) is 11.8 Å². The van der Waals surface area contributed by atoms with E-state index in [1.807, 2.05) is 18.2 Å². The quantitative estimate of drug-likeness (QED) is 0.864. The third kappa shape index (κ3) is 3.47. The summed E-state index contributed by atoms with van der Waals surface area (Å²) < 4.78 is 0. The summed E-state index contributed by atoms with van der Waals surface area (Å²) in [7, 11) is 0. The third-order valence-corrected chi connectivity index (χ3v) is 3.14. The predicted octanol–water partition coefficient (Wildman–Crippen LogP) is 3.89. The summed E-state index contributed by atoms with van der Waals surface area (Å²) in [6.45, 7) is 4.32. The molecule has 0 saturated heterocycles. The average molecular weight is 252 g/mol. The molecule has 1 aromatic rings. The van der Waals surface area contributed by atoms with Gasteiger partial charge in [-0.15, -0.1) is 0 Å². The maximum Gasteiger partial charge on any atom is 0.227 e. The van der Waals surface area contributed by atoms with Crippen molar-refractivity contribution in [1.82, 2.24) is 0 Å². The molecule has 0 radical (unpaired) electrons. The largest absolute Gasteiger partial charge is 0.326 e. The van der Waals surface area contributed by atoms with Gasteiger partial charge in [0.2, 0.25) is 5.91 Å². The molecule has 1 aliphatic rings. The molecular formula is C14H18ClNO. The zero-order valence-corrected chi connectivity index (χ0v) is 11.1. The minimum absolute atomic E-state index is 0.150. The third-order valence-electron chi connectivity index (χ3n) is 2.90. The van der Waals surface area contributed by atoms with Crippen LogP contribution in [0.15, 0.2) is 18.2 Å². The molecule has 2 rings (SSSR count). The number of anilines is 1. The molecule has 0 unspecified atom stereocenters. The lowest BCUT2D eigenvalue weighted by Gasteiger charge is -2.13. The summed E-state index contributed by atoms with van der Waals surface area (Å²) in [5.41, 5.74) is 2.04. The molecule has 2 nitrogen and oxygen atoms in total. The highest BCUT2D eigenvalue weighted by Gasteiger charge is 2.29. The van der Waals surface area contributed by atoms with Gasteiger partial charge < -0.3 is 5.32 Å². The Kier molecular flexibility index (Phi) is 3.72. The van der Waals surface area contributed by atoms with E-state index in [1.165, 1.54) is 0 Å². The number of rotatable bonds is 4. The molecule has 1 N–H and O–H groups in total. The molecule has 0 aliphatic heterocycles. The number of carbonyl (C=O) groups excluding carboxylic acids is 1. The van der Waals surface area contributed by atoms with Crippen LogP contribution in [-0.4, -0.2) is 5.91 Å². The van der Waals surface area contributed by atoms with Crippen LogP contribution in [0.2, 0.25) is 5.02 Å². The van der Waals surface area contributed by atoms with Gasteiger partial charge in [0.05, 0.1) is 0 Å². The van der Waals surface area contributed by atoms with Crippen LogP contribution in [0.4, 0.5) is 5.69 Å². The SMILES string of the molecule is CC(C)Cc1cc(Cl)ccc1NC(=O)C1CC1. The Labute approximate surface area is 107 Å². The zero-order valence-electron chi connectivity index (χ0n) is 10.3. The highest BCUT2D eigenvalue weighted by Crippen LogP contribution is 2.31. The van der Waals surface area contributed by atoms with E-state index in [1.54, 1.807) is 0 Å². The van der Waals surface area contributed by atoms with Crippen LogP contribution in [0.1, 0.15) is 32.3 Å². The molecule has 1 aliphatic carbocycles. The van der Waals surface area contributed by atoms with Crippen molar-refractivity contribution >= 4 is 23.2 Å². The lowest BCUT2D eigenvalue weighted by molar-refractivity contribution is -0.117. The lowest BCUT2D eigenvalue weighted by Crippen LogP contribution is -2.15. The summed E-state index contributed by atoms with van der Waals surface area (Å²) in [6.07, 6.45) is 2.98. The number of hydrogen-bond acceptors (Lipinski definition) is 1. The van der Waals surface area contributed by atoms with Crippen LogP contribution in [0, 0.1) is 11.8 Å². The van der Waals surface area contributed by atoms with E-state index in [9.17, 15) is 4.79 Å². The molecule has 0 spiro atoms. The van der Waals surface area contributed by atoms with Crippen molar-refractivity contribution in [2.45, 2.75) is 33.1 Å². The van der Waals surface area contributed by atoms with Gasteiger partial charge in [0.15, 0.2) is 0 Å². The van der Waals surface area contributed by atoms with Gasteiger partial charge in [0.25, 0.3) is 0 Å². The van der Waals surface area contributed by atoms with Crippen LogP contribution in [0.5, 0.6) is 0 Å². The summed E-state index contributed by atoms with van der Waals surface area (Å²) >= 11 is 6.00. The van der Waals surface area contributed by atoms with Gasteiger partial charge in [-0.25, -0.2) is 0 Å². The lowest BCUT2D eigenvalue weighted by atomic mass is 10.0. The number of nitrogens with one attached hydrogen (secondary N) is 1.